The molecule has 1 aromatic carbocycles. The molecule has 2 rings (SSSR count). The first-order valence-corrected chi connectivity index (χ1v) is 6.90. The molecule has 0 unspecified atom stereocenters. The molecule has 2 atom stereocenters. The molecule has 0 saturated carbocycles. The Kier molecular flexibility index (Phi) is 3.18. The molecule has 0 bridgehead atoms. The lowest BCUT2D eigenvalue weighted by Crippen LogP contribution is -2.24. The van der Waals surface area contributed by atoms with Crippen LogP contribution in [0.4, 0.5) is 0 Å². The topological polar surface area (TPSA) is 46.2 Å². The van der Waals surface area contributed by atoms with Crippen LogP contribution in [0.5, 0.6) is 5.75 Å². The lowest BCUT2D eigenvalue weighted by atomic mass is 9.85. The number of phenols is 1. The van der Waals surface area contributed by atoms with Gasteiger partial charge in [0.25, 0.3) is 0 Å². The summed E-state index contributed by atoms with van der Waals surface area (Å²) in [5, 5.41) is 10.6. The Labute approximate surface area is 110 Å². The summed E-state index contributed by atoms with van der Waals surface area (Å²) >= 11 is 0. The maximum absolute atomic E-state index is 10.6. The van der Waals surface area contributed by atoms with Crippen molar-refractivity contribution in [3.05, 3.63) is 28.3 Å². The summed E-state index contributed by atoms with van der Waals surface area (Å²) in [4.78, 5) is 0. The van der Waals surface area contributed by atoms with E-state index in [1.54, 1.807) is 0 Å². The van der Waals surface area contributed by atoms with Crippen molar-refractivity contribution in [3.63, 3.8) is 0 Å². The fourth-order valence-electron chi connectivity index (χ4n) is 3.02. The number of rotatable bonds is 2. The second-order valence-electron chi connectivity index (χ2n) is 6.48. The van der Waals surface area contributed by atoms with E-state index in [1.165, 1.54) is 11.1 Å². The van der Waals surface area contributed by atoms with Crippen molar-refractivity contribution >= 4 is 0 Å². The zero-order valence-electron chi connectivity index (χ0n) is 12.2. The van der Waals surface area contributed by atoms with E-state index in [0.717, 1.165) is 24.0 Å². The normalized spacial score (nSPS) is 22.9. The molecule has 2 nitrogen and oxygen atoms in total. The van der Waals surface area contributed by atoms with Gasteiger partial charge in [0, 0.05) is 11.6 Å². The summed E-state index contributed by atoms with van der Waals surface area (Å²) in [6.45, 7) is 10.8. The fourth-order valence-corrected chi connectivity index (χ4v) is 3.02. The van der Waals surface area contributed by atoms with E-state index in [9.17, 15) is 5.11 Å². The van der Waals surface area contributed by atoms with Gasteiger partial charge < -0.3 is 10.8 Å². The minimum atomic E-state index is -0.0600. The highest BCUT2D eigenvalue weighted by atomic mass is 16.3. The van der Waals surface area contributed by atoms with Crippen LogP contribution in [0.2, 0.25) is 0 Å². The van der Waals surface area contributed by atoms with Crippen LogP contribution in [0.25, 0.3) is 0 Å². The highest BCUT2D eigenvalue weighted by Crippen LogP contribution is 2.50. The first kappa shape index (κ1) is 13.4. The number of fused-ring (bicyclic) bond motifs is 1. The second-order valence-corrected chi connectivity index (χ2v) is 6.48. The van der Waals surface area contributed by atoms with E-state index in [-0.39, 0.29) is 11.5 Å². The Bertz CT molecular complexity index is 476. The fraction of sp³-hybridized carbons (Fsp3) is 0.625. The Morgan fingerprint density at radius 1 is 1.50 bits per heavy atom. The van der Waals surface area contributed by atoms with Gasteiger partial charge in [0.2, 0.25) is 0 Å². The molecule has 3 N–H and O–H groups in total. The third-order valence-corrected chi connectivity index (χ3v) is 4.63. The van der Waals surface area contributed by atoms with Gasteiger partial charge in [0.1, 0.15) is 5.75 Å². The SMILES string of the molecule is CC[C@@H](C)c1cc(C)c2c(c1O)[C@H](N)C(C)(C)C2. The molecule has 0 aliphatic heterocycles. The van der Waals surface area contributed by atoms with Gasteiger partial charge in [0.05, 0.1) is 0 Å². The monoisotopic (exact) mass is 247 g/mol. The number of hydrogen-bond acceptors (Lipinski definition) is 2. The van der Waals surface area contributed by atoms with Gasteiger partial charge in [0.15, 0.2) is 0 Å². The van der Waals surface area contributed by atoms with Crippen molar-refractivity contribution in [2.24, 2.45) is 11.1 Å². The zero-order valence-corrected chi connectivity index (χ0v) is 12.2. The van der Waals surface area contributed by atoms with Gasteiger partial charge in [-0.25, -0.2) is 0 Å². The molecular formula is C16H25NO. The maximum atomic E-state index is 10.6. The molecule has 1 aliphatic rings. The summed E-state index contributed by atoms with van der Waals surface area (Å²) in [7, 11) is 0. The van der Waals surface area contributed by atoms with Gasteiger partial charge in [-0.3, -0.25) is 0 Å². The Morgan fingerprint density at radius 2 is 2.11 bits per heavy atom. The number of phenolic OH excluding ortho intramolecular Hbond substituents is 1. The zero-order chi connectivity index (χ0) is 13.7. The number of benzene rings is 1. The summed E-state index contributed by atoms with van der Waals surface area (Å²) in [5.41, 5.74) is 11.0. The van der Waals surface area contributed by atoms with Crippen LogP contribution in [0.1, 0.15) is 68.3 Å². The molecule has 0 aromatic heterocycles. The van der Waals surface area contributed by atoms with E-state index < -0.39 is 0 Å². The van der Waals surface area contributed by atoms with E-state index in [1.807, 2.05) is 0 Å². The van der Waals surface area contributed by atoms with E-state index in [2.05, 4.69) is 40.7 Å². The summed E-state index contributed by atoms with van der Waals surface area (Å²) in [5.74, 6) is 0.827. The van der Waals surface area contributed by atoms with Crippen LogP contribution in [-0.4, -0.2) is 5.11 Å². The van der Waals surface area contributed by atoms with Crippen LogP contribution >= 0.6 is 0 Å². The highest BCUT2D eigenvalue weighted by molar-refractivity contribution is 5.55. The Hall–Kier alpha value is -1.02. The van der Waals surface area contributed by atoms with Crippen LogP contribution < -0.4 is 5.73 Å². The second kappa shape index (κ2) is 4.27. The van der Waals surface area contributed by atoms with E-state index in [4.69, 9.17) is 5.73 Å². The Morgan fingerprint density at radius 3 is 2.67 bits per heavy atom. The molecular weight excluding hydrogens is 222 g/mol. The molecule has 2 heteroatoms. The molecule has 0 radical (unpaired) electrons. The quantitative estimate of drug-likeness (QED) is 0.835. The predicted molar refractivity (Wildman–Crippen MR) is 76.0 cm³/mol. The minimum Gasteiger partial charge on any atom is -0.507 e. The van der Waals surface area contributed by atoms with Crippen LogP contribution in [0.3, 0.4) is 0 Å². The third-order valence-electron chi connectivity index (χ3n) is 4.63. The van der Waals surface area contributed by atoms with E-state index in [0.29, 0.717) is 11.7 Å². The number of hydrogen-bond donors (Lipinski definition) is 2. The van der Waals surface area contributed by atoms with Crippen molar-refractivity contribution in [3.8, 4) is 5.75 Å². The largest absolute Gasteiger partial charge is 0.507 e. The molecule has 0 fully saturated rings. The number of nitrogens with two attached hydrogens (primary N) is 1. The molecule has 0 saturated heterocycles. The number of aryl methyl sites for hydroxylation is 1. The van der Waals surface area contributed by atoms with Gasteiger partial charge in [-0.05, 0) is 47.8 Å². The van der Waals surface area contributed by atoms with Gasteiger partial charge in [-0.1, -0.05) is 33.8 Å². The lowest BCUT2D eigenvalue weighted by Gasteiger charge is -2.24. The maximum Gasteiger partial charge on any atom is 0.124 e. The van der Waals surface area contributed by atoms with Crippen LogP contribution in [0, 0.1) is 12.3 Å². The average Bonchev–Trinajstić information content (AvgIpc) is 2.55. The van der Waals surface area contributed by atoms with Crippen molar-refractivity contribution in [1.82, 2.24) is 0 Å². The van der Waals surface area contributed by atoms with Crippen molar-refractivity contribution in [2.45, 2.75) is 59.4 Å². The van der Waals surface area contributed by atoms with Crippen molar-refractivity contribution < 1.29 is 5.11 Å². The first-order valence-electron chi connectivity index (χ1n) is 6.90. The van der Waals surface area contributed by atoms with Crippen molar-refractivity contribution in [2.75, 3.05) is 0 Å². The lowest BCUT2D eigenvalue weighted by molar-refractivity contribution is 0.313. The predicted octanol–water partition coefficient (Wildman–Crippen LogP) is 3.80. The van der Waals surface area contributed by atoms with Gasteiger partial charge in [-0.15, -0.1) is 0 Å². The first-order chi connectivity index (χ1) is 8.29. The summed E-state index contributed by atoms with van der Waals surface area (Å²) in [6, 6.07) is 2.09. The highest BCUT2D eigenvalue weighted by Gasteiger charge is 2.40. The molecule has 1 aromatic rings. The van der Waals surface area contributed by atoms with Gasteiger partial charge in [-0.2, -0.15) is 0 Å². The van der Waals surface area contributed by atoms with Crippen LogP contribution in [0.15, 0.2) is 6.07 Å². The van der Waals surface area contributed by atoms with Crippen LogP contribution in [-0.2, 0) is 6.42 Å². The molecule has 0 spiro atoms. The number of aromatic hydroxyl groups is 1. The molecule has 18 heavy (non-hydrogen) atoms. The summed E-state index contributed by atoms with van der Waals surface area (Å²) in [6.07, 6.45) is 1.99. The molecule has 0 heterocycles. The minimum absolute atomic E-state index is 0.0403. The Balaban J connectivity index is 2.63. The molecule has 0 amide bonds. The average molecular weight is 247 g/mol. The molecule has 100 valence electrons. The van der Waals surface area contributed by atoms with Gasteiger partial charge >= 0.3 is 0 Å². The smallest absolute Gasteiger partial charge is 0.124 e. The molecule has 1 aliphatic carbocycles. The van der Waals surface area contributed by atoms with Crippen molar-refractivity contribution in [1.29, 1.82) is 0 Å². The third kappa shape index (κ3) is 1.83. The van der Waals surface area contributed by atoms with E-state index >= 15 is 0 Å². The summed E-state index contributed by atoms with van der Waals surface area (Å²) < 4.78 is 0. The standard InChI is InChI=1S/C16H25NO/c1-6-9(2)11-7-10(3)12-8-16(4,5)15(17)13(12)14(11)18/h7,9,15,18H,6,8,17H2,1-5H3/t9-,15+/m1/s1.